The van der Waals surface area contributed by atoms with Gasteiger partial charge in [-0.05, 0) is 37.8 Å². The molecule has 1 saturated carbocycles. The zero-order valence-electron chi connectivity index (χ0n) is 15.3. The van der Waals surface area contributed by atoms with Crippen LogP contribution >= 0.6 is 0 Å². The molecule has 1 aliphatic rings. The zero-order valence-corrected chi connectivity index (χ0v) is 15.3. The fourth-order valence-corrected chi connectivity index (χ4v) is 3.18. The maximum atomic E-state index is 12.6. The van der Waals surface area contributed by atoms with Crippen LogP contribution in [0, 0.1) is 0 Å². The summed E-state index contributed by atoms with van der Waals surface area (Å²) in [5.74, 6) is 0.210. The van der Waals surface area contributed by atoms with E-state index in [1.54, 1.807) is 36.5 Å². The highest BCUT2D eigenvalue weighted by Crippen LogP contribution is 2.21. The van der Waals surface area contributed by atoms with Crippen molar-refractivity contribution in [2.45, 2.75) is 37.8 Å². The van der Waals surface area contributed by atoms with Crippen molar-refractivity contribution >= 4 is 12.2 Å². The number of aldehydes is 1. The van der Waals surface area contributed by atoms with Crippen molar-refractivity contribution in [3.63, 3.8) is 0 Å². The number of ether oxygens (including phenoxy) is 2. The summed E-state index contributed by atoms with van der Waals surface area (Å²) >= 11 is 0. The molecular weight excluding hydrogens is 348 g/mol. The van der Waals surface area contributed by atoms with Gasteiger partial charge in [-0.1, -0.05) is 0 Å². The lowest BCUT2D eigenvalue weighted by molar-refractivity contribution is -0.00409. The van der Waals surface area contributed by atoms with Crippen molar-refractivity contribution in [1.29, 1.82) is 0 Å². The second kappa shape index (κ2) is 9.38. The molecule has 0 spiro atoms. The van der Waals surface area contributed by atoms with Gasteiger partial charge in [-0.2, -0.15) is 0 Å². The van der Waals surface area contributed by atoms with Crippen LogP contribution in [0.2, 0.25) is 0 Å². The minimum absolute atomic E-state index is 0.0816. The van der Waals surface area contributed by atoms with E-state index in [0.29, 0.717) is 30.9 Å². The summed E-state index contributed by atoms with van der Waals surface area (Å²) in [6.45, 7) is 1.19. The van der Waals surface area contributed by atoms with Crippen molar-refractivity contribution in [1.82, 2.24) is 19.9 Å². The summed E-state index contributed by atoms with van der Waals surface area (Å²) in [4.78, 5) is 32.2. The van der Waals surface area contributed by atoms with E-state index in [4.69, 9.17) is 9.47 Å². The van der Waals surface area contributed by atoms with Crippen LogP contribution in [0.25, 0.3) is 5.82 Å². The van der Waals surface area contributed by atoms with E-state index >= 15 is 0 Å². The lowest BCUT2D eigenvalue weighted by atomic mass is 9.93. The van der Waals surface area contributed by atoms with Crippen LogP contribution in [0.4, 0.5) is 0 Å². The molecule has 3 rings (SSSR count). The van der Waals surface area contributed by atoms with E-state index < -0.39 is 0 Å². The summed E-state index contributed by atoms with van der Waals surface area (Å²) in [5, 5.41) is 3.02. The van der Waals surface area contributed by atoms with Gasteiger partial charge in [0.2, 0.25) is 0 Å². The van der Waals surface area contributed by atoms with E-state index in [1.165, 1.54) is 6.07 Å². The maximum absolute atomic E-state index is 12.6. The van der Waals surface area contributed by atoms with Gasteiger partial charge >= 0.3 is 0 Å². The predicted molar refractivity (Wildman–Crippen MR) is 98.1 cm³/mol. The molecule has 2 aromatic heterocycles. The third-order valence-electron chi connectivity index (χ3n) is 4.62. The van der Waals surface area contributed by atoms with E-state index in [1.807, 2.05) is 0 Å². The summed E-state index contributed by atoms with van der Waals surface area (Å²) in [5.41, 5.74) is 0.621. The van der Waals surface area contributed by atoms with Crippen LogP contribution in [0.3, 0.4) is 0 Å². The normalized spacial score (nSPS) is 19.6. The predicted octanol–water partition coefficient (Wildman–Crippen LogP) is 1.78. The third-order valence-corrected chi connectivity index (χ3v) is 4.62. The molecule has 0 aliphatic heterocycles. The quantitative estimate of drug-likeness (QED) is 0.561. The number of rotatable bonds is 8. The average molecular weight is 372 g/mol. The minimum Gasteiger partial charge on any atom is -0.382 e. The molecule has 8 nitrogen and oxygen atoms in total. The lowest BCUT2D eigenvalue weighted by Gasteiger charge is -2.29. The fourth-order valence-electron chi connectivity index (χ4n) is 3.18. The van der Waals surface area contributed by atoms with Crippen molar-refractivity contribution in [3.05, 3.63) is 42.1 Å². The van der Waals surface area contributed by atoms with Crippen LogP contribution in [0.1, 0.15) is 46.5 Å². The van der Waals surface area contributed by atoms with Gasteiger partial charge in [0.15, 0.2) is 0 Å². The summed E-state index contributed by atoms with van der Waals surface area (Å²) in [7, 11) is 1.65. The van der Waals surface area contributed by atoms with Crippen LogP contribution in [-0.2, 0) is 9.47 Å². The standard InChI is InChI=1S/C19H24N4O4/c1-26-8-9-27-16-4-2-15(3-5-16)21-19(25)17-10-14(12-24)11-18(22-17)23-7-6-20-13-23/h6-7,10-13,15-16H,2-5,8-9H2,1H3,(H,21,25)/t15-,16-. The van der Waals surface area contributed by atoms with Gasteiger partial charge in [0, 0.05) is 31.1 Å². The molecular formula is C19H24N4O4. The fraction of sp³-hybridized carbons (Fsp3) is 0.474. The first-order chi connectivity index (χ1) is 13.2. The van der Waals surface area contributed by atoms with E-state index in [9.17, 15) is 9.59 Å². The molecule has 1 fully saturated rings. The number of nitrogens with zero attached hydrogens (tertiary/aromatic N) is 3. The second-order valence-corrected chi connectivity index (χ2v) is 6.54. The molecule has 27 heavy (non-hydrogen) atoms. The van der Waals surface area contributed by atoms with Crippen LogP contribution in [0.5, 0.6) is 0 Å². The molecule has 0 unspecified atom stereocenters. The Morgan fingerprint density at radius 1 is 1.30 bits per heavy atom. The number of amides is 1. The van der Waals surface area contributed by atoms with Crippen molar-refractivity contribution in [2.24, 2.45) is 0 Å². The van der Waals surface area contributed by atoms with Crippen LogP contribution in [-0.4, -0.2) is 59.2 Å². The molecule has 1 aliphatic carbocycles. The molecule has 1 amide bonds. The highest BCUT2D eigenvalue weighted by Gasteiger charge is 2.24. The Morgan fingerprint density at radius 3 is 2.78 bits per heavy atom. The largest absolute Gasteiger partial charge is 0.382 e. The minimum atomic E-state index is -0.274. The molecule has 1 N–H and O–H groups in total. The van der Waals surface area contributed by atoms with E-state index in [-0.39, 0.29) is 23.7 Å². The van der Waals surface area contributed by atoms with Gasteiger partial charge in [0.1, 0.15) is 24.1 Å². The zero-order chi connectivity index (χ0) is 19.1. The summed E-state index contributed by atoms with van der Waals surface area (Å²) < 4.78 is 12.4. The Kier molecular flexibility index (Phi) is 6.67. The van der Waals surface area contributed by atoms with Gasteiger partial charge < -0.3 is 14.8 Å². The molecule has 2 aromatic rings. The highest BCUT2D eigenvalue weighted by molar-refractivity contribution is 5.94. The SMILES string of the molecule is COCCO[C@H]1CC[C@H](NC(=O)c2cc(C=O)cc(-n3ccnc3)n2)CC1. The van der Waals surface area contributed by atoms with Gasteiger partial charge in [0.05, 0.1) is 19.3 Å². The number of pyridine rings is 1. The molecule has 2 heterocycles. The average Bonchev–Trinajstić information content (AvgIpc) is 3.24. The van der Waals surface area contributed by atoms with Crippen LogP contribution in [0.15, 0.2) is 30.9 Å². The molecule has 0 radical (unpaired) electrons. The lowest BCUT2D eigenvalue weighted by Crippen LogP contribution is -2.39. The Bertz CT molecular complexity index is 755. The first-order valence-corrected chi connectivity index (χ1v) is 9.06. The van der Waals surface area contributed by atoms with Gasteiger partial charge in [0.25, 0.3) is 5.91 Å². The first kappa shape index (κ1) is 19.2. The summed E-state index contributed by atoms with van der Waals surface area (Å²) in [6, 6.07) is 3.20. The van der Waals surface area contributed by atoms with Crippen molar-refractivity contribution in [3.8, 4) is 5.82 Å². The molecule has 0 aromatic carbocycles. The number of carbonyl (C=O) groups is 2. The Hall–Kier alpha value is -2.58. The van der Waals surface area contributed by atoms with Crippen molar-refractivity contribution < 1.29 is 19.1 Å². The van der Waals surface area contributed by atoms with Crippen LogP contribution < -0.4 is 5.32 Å². The maximum Gasteiger partial charge on any atom is 0.270 e. The number of nitrogens with one attached hydrogen (secondary N) is 1. The molecule has 144 valence electrons. The second-order valence-electron chi connectivity index (χ2n) is 6.54. The molecule has 0 bridgehead atoms. The Morgan fingerprint density at radius 2 is 2.11 bits per heavy atom. The summed E-state index contributed by atoms with van der Waals surface area (Å²) in [6.07, 6.45) is 9.33. The number of hydrogen-bond acceptors (Lipinski definition) is 6. The topological polar surface area (TPSA) is 95.3 Å². The van der Waals surface area contributed by atoms with E-state index in [0.717, 1.165) is 25.7 Å². The number of carbonyl (C=O) groups excluding carboxylic acids is 2. The number of imidazole rings is 1. The highest BCUT2D eigenvalue weighted by atomic mass is 16.5. The number of aromatic nitrogens is 3. The molecule has 0 saturated heterocycles. The van der Waals surface area contributed by atoms with Gasteiger partial charge in [-0.15, -0.1) is 0 Å². The number of hydrogen-bond donors (Lipinski definition) is 1. The Balaban J connectivity index is 1.60. The Labute approximate surface area is 157 Å². The van der Waals surface area contributed by atoms with Crippen molar-refractivity contribution in [2.75, 3.05) is 20.3 Å². The molecule has 8 heteroatoms. The van der Waals surface area contributed by atoms with E-state index in [2.05, 4.69) is 15.3 Å². The van der Waals surface area contributed by atoms with Gasteiger partial charge in [-0.25, -0.2) is 9.97 Å². The molecule has 0 atom stereocenters. The van der Waals surface area contributed by atoms with Gasteiger partial charge in [-0.3, -0.25) is 14.2 Å². The monoisotopic (exact) mass is 372 g/mol. The smallest absolute Gasteiger partial charge is 0.270 e. The first-order valence-electron chi connectivity index (χ1n) is 9.06. The number of methoxy groups -OCH3 is 1. The third kappa shape index (κ3) is 5.21.